The number of nitrogens with zero attached hydrogens (tertiary/aromatic N) is 6. The van der Waals surface area contributed by atoms with Crippen LogP contribution >= 0.6 is 0 Å². The van der Waals surface area contributed by atoms with Crippen molar-refractivity contribution in [2.75, 3.05) is 26.2 Å². The molecule has 10 heteroatoms. The fourth-order valence-corrected chi connectivity index (χ4v) is 4.46. The van der Waals surface area contributed by atoms with Gasteiger partial charge < -0.3 is 4.90 Å². The summed E-state index contributed by atoms with van der Waals surface area (Å²) in [5.41, 5.74) is 3.59. The quantitative estimate of drug-likeness (QED) is 0.563. The normalized spacial score (nSPS) is 16.1. The molecular weight excluding hydrogens is 445 g/mol. The SMILES string of the molecule is Cc1nn(-c2ccccc2)c(C)c1CN1CCN(C(=O)C(C)n2nc(C(F)(F)F)cc2C)CC1. The highest BCUT2D eigenvalue weighted by molar-refractivity contribution is 5.80. The van der Waals surface area contributed by atoms with E-state index in [2.05, 4.69) is 16.9 Å². The smallest absolute Gasteiger partial charge is 0.338 e. The lowest BCUT2D eigenvalue weighted by Gasteiger charge is -2.36. The van der Waals surface area contributed by atoms with Crippen LogP contribution in [0.25, 0.3) is 5.69 Å². The summed E-state index contributed by atoms with van der Waals surface area (Å²) in [7, 11) is 0. The van der Waals surface area contributed by atoms with Gasteiger partial charge in [0.15, 0.2) is 5.69 Å². The molecule has 34 heavy (non-hydrogen) atoms. The van der Waals surface area contributed by atoms with Gasteiger partial charge in [0.2, 0.25) is 5.91 Å². The molecule has 3 aromatic rings. The molecular formula is C24H29F3N6O. The Hall–Kier alpha value is -3.14. The van der Waals surface area contributed by atoms with Crippen molar-refractivity contribution in [3.63, 3.8) is 0 Å². The summed E-state index contributed by atoms with van der Waals surface area (Å²) >= 11 is 0. The number of aromatic nitrogens is 4. The van der Waals surface area contributed by atoms with E-state index < -0.39 is 17.9 Å². The maximum atomic E-state index is 13.0. The van der Waals surface area contributed by atoms with E-state index in [9.17, 15) is 18.0 Å². The molecule has 1 fully saturated rings. The van der Waals surface area contributed by atoms with Crippen LogP contribution in [0.2, 0.25) is 0 Å². The first-order chi connectivity index (χ1) is 16.1. The minimum absolute atomic E-state index is 0.219. The van der Waals surface area contributed by atoms with Crippen molar-refractivity contribution >= 4 is 5.91 Å². The minimum Gasteiger partial charge on any atom is -0.338 e. The molecule has 7 nitrogen and oxygen atoms in total. The van der Waals surface area contributed by atoms with Gasteiger partial charge in [0.05, 0.1) is 11.4 Å². The number of aryl methyl sites for hydroxylation is 2. The molecule has 1 aliphatic heterocycles. The number of halogens is 3. The maximum Gasteiger partial charge on any atom is 0.435 e. The first kappa shape index (κ1) is 24.0. The van der Waals surface area contributed by atoms with Crippen LogP contribution in [0.4, 0.5) is 13.2 Å². The number of carbonyl (C=O) groups is 1. The molecule has 1 aromatic carbocycles. The van der Waals surface area contributed by atoms with Gasteiger partial charge in [-0.25, -0.2) is 4.68 Å². The van der Waals surface area contributed by atoms with Gasteiger partial charge in [0.25, 0.3) is 0 Å². The summed E-state index contributed by atoms with van der Waals surface area (Å²) in [5, 5.41) is 8.35. The standard InChI is InChI=1S/C24H29F3N6O/c1-16-14-22(24(25,26)27)29-32(16)19(4)23(34)31-12-10-30(11-13-31)15-21-17(2)28-33(18(21)3)20-8-6-5-7-9-20/h5-9,14,19H,10-13,15H2,1-4H3. The topological polar surface area (TPSA) is 59.2 Å². The zero-order chi connectivity index (χ0) is 24.6. The van der Waals surface area contributed by atoms with Crippen LogP contribution in [0.15, 0.2) is 36.4 Å². The molecule has 1 aliphatic rings. The predicted octanol–water partition coefficient (Wildman–Crippen LogP) is 3.92. The Balaban J connectivity index is 1.39. The maximum absolute atomic E-state index is 13.0. The molecule has 0 aliphatic carbocycles. The van der Waals surface area contributed by atoms with E-state index in [4.69, 9.17) is 5.10 Å². The van der Waals surface area contributed by atoms with Crippen LogP contribution in [0.3, 0.4) is 0 Å². The predicted molar refractivity (Wildman–Crippen MR) is 122 cm³/mol. The van der Waals surface area contributed by atoms with Crippen molar-refractivity contribution in [1.82, 2.24) is 29.4 Å². The molecule has 3 heterocycles. The molecule has 1 amide bonds. The second-order valence-corrected chi connectivity index (χ2v) is 8.79. The van der Waals surface area contributed by atoms with Crippen LogP contribution < -0.4 is 0 Å². The Bertz CT molecular complexity index is 1160. The Kier molecular flexibility index (Phi) is 6.53. The van der Waals surface area contributed by atoms with E-state index in [0.29, 0.717) is 31.9 Å². The van der Waals surface area contributed by atoms with Gasteiger partial charge in [-0.1, -0.05) is 18.2 Å². The van der Waals surface area contributed by atoms with Gasteiger partial charge in [0, 0.05) is 49.7 Å². The van der Waals surface area contributed by atoms with E-state index in [0.717, 1.165) is 29.7 Å². The zero-order valence-electron chi connectivity index (χ0n) is 19.8. The first-order valence-electron chi connectivity index (χ1n) is 11.3. The molecule has 182 valence electrons. The third-order valence-electron chi connectivity index (χ3n) is 6.44. The van der Waals surface area contributed by atoms with Gasteiger partial charge in [-0.3, -0.25) is 14.4 Å². The number of hydrogen-bond donors (Lipinski definition) is 0. The zero-order valence-corrected chi connectivity index (χ0v) is 19.8. The average Bonchev–Trinajstić information content (AvgIpc) is 3.34. The highest BCUT2D eigenvalue weighted by Crippen LogP contribution is 2.29. The van der Waals surface area contributed by atoms with Crippen LogP contribution in [-0.2, 0) is 17.5 Å². The molecule has 0 radical (unpaired) electrons. The highest BCUT2D eigenvalue weighted by Gasteiger charge is 2.36. The largest absolute Gasteiger partial charge is 0.435 e. The fourth-order valence-electron chi connectivity index (χ4n) is 4.46. The van der Waals surface area contributed by atoms with E-state index in [1.807, 2.05) is 41.9 Å². The lowest BCUT2D eigenvalue weighted by molar-refractivity contribution is -0.143. The molecule has 0 N–H and O–H groups in total. The second-order valence-electron chi connectivity index (χ2n) is 8.79. The average molecular weight is 475 g/mol. The van der Waals surface area contributed by atoms with Crippen molar-refractivity contribution in [2.45, 2.75) is 46.5 Å². The Labute approximate surface area is 196 Å². The van der Waals surface area contributed by atoms with E-state index in [1.165, 1.54) is 17.2 Å². The van der Waals surface area contributed by atoms with Crippen LogP contribution in [-0.4, -0.2) is 61.4 Å². The van der Waals surface area contributed by atoms with Crippen molar-refractivity contribution in [1.29, 1.82) is 0 Å². The number of benzene rings is 1. The van der Waals surface area contributed by atoms with E-state index in [1.54, 1.807) is 11.8 Å². The lowest BCUT2D eigenvalue weighted by Crippen LogP contribution is -2.50. The fraction of sp³-hybridized carbons (Fsp3) is 0.458. The summed E-state index contributed by atoms with van der Waals surface area (Å²) in [4.78, 5) is 17.0. The third-order valence-corrected chi connectivity index (χ3v) is 6.44. The van der Waals surface area contributed by atoms with Gasteiger partial charge in [-0.2, -0.15) is 23.4 Å². The third kappa shape index (κ3) is 4.72. The van der Waals surface area contributed by atoms with Crippen LogP contribution in [0.1, 0.15) is 41.3 Å². The Morgan fingerprint density at radius 1 is 1.03 bits per heavy atom. The summed E-state index contributed by atoms with van der Waals surface area (Å²) in [6, 6.07) is 10.2. The Morgan fingerprint density at radius 2 is 1.68 bits per heavy atom. The number of rotatable bonds is 5. The molecule has 0 bridgehead atoms. The number of piperazine rings is 1. The monoisotopic (exact) mass is 474 g/mol. The molecule has 1 unspecified atom stereocenters. The number of amides is 1. The number of alkyl halides is 3. The molecule has 4 rings (SSSR count). The highest BCUT2D eigenvalue weighted by atomic mass is 19.4. The number of hydrogen-bond acceptors (Lipinski definition) is 4. The molecule has 1 saturated heterocycles. The summed E-state index contributed by atoms with van der Waals surface area (Å²) in [6.07, 6.45) is -4.53. The number of carbonyl (C=O) groups excluding carboxylic acids is 1. The van der Waals surface area contributed by atoms with Gasteiger partial charge in [-0.15, -0.1) is 0 Å². The van der Waals surface area contributed by atoms with Gasteiger partial charge in [-0.05, 0) is 45.9 Å². The van der Waals surface area contributed by atoms with Crippen molar-refractivity contribution < 1.29 is 18.0 Å². The van der Waals surface area contributed by atoms with Gasteiger partial charge >= 0.3 is 6.18 Å². The van der Waals surface area contributed by atoms with E-state index >= 15 is 0 Å². The lowest BCUT2D eigenvalue weighted by atomic mass is 10.1. The minimum atomic E-state index is -4.53. The first-order valence-corrected chi connectivity index (χ1v) is 11.3. The van der Waals surface area contributed by atoms with Crippen LogP contribution in [0, 0.1) is 20.8 Å². The van der Waals surface area contributed by atoms with Gasteiger partial charge in [0.1, 0.15) is 6.04 Å². The van der Waals surface area contributed by atoms with Crippen molar-refractivity contribution in [3.05, 3.63) is 64.7 Å². The Morgan fingerprint density at radius 3 is 2.26 bits per heavy atom. The van der Waals surface area contributed by atoms with Crippen LogP contribution in [0.5, 0.6) is 0 Å². The molecule has 2 aromatic heterocycles. The summed E-state index contributed by atoms with van der Waals surface area (Å²) in [5.74, 6) is -0.219. The second kappa shape index (κ2) is 9.25. The van der Waals surface area contributed by atoms with E-state index in [-0.39, 0.29) is 5.91 Å². The number of para-hydroxylation sites is 1. The molecule has 0 saturated carbocycles. The summed E-state index contributed by atoms with van der Waals surface area (Å²) in [6.45, 7) is 10.3. The van der Waals surface area contributed by atoms with Crippen molar-refractivity contribution in [3.8, 4) is 5.69 Å². The van der Waals surface area contributed by atoms with Crippen molar-refractivity contribution in [2.24, 2.45) is 0 Å². The summed E-state index contributed by atoms with van der Waals surface area (Å²) < 4.78 is 42.1. The molecule has 0 spiro atoms. The molecule has 1 atom stereocenters.